The minimum atomic E-state index is -0.535. The molecule has 38 heavy (non-hydrogen) atoms. The van der Waals surface area contributed by atoms with Gasteiger partial charge in [-0.3, -0.25) is 24.0 Å². The van der Waals surface area contributed by atoms with Crippen LogP contribution >= 0.6 is 0 Å². The molecule has 220 valence electrons. The molecule has 1 amide bonds. The second kappa shape index (κ2) is 24.1. The number of hydrogen-bond donors (Lipinski definition) is 1. The minimum Gasteiger partial charge on any atom is -0.382 e. The first kappa shape index (κ1) is 36.0. The molecule has 0 aliphatic heterocycles. The normalized spacial score (nSPS) is 12.6. The molecule has 0 aliphatic carbocycles. The third kappa shape index (κ3) is 19.1. The van der Waals surface area contributed by atoms with Crippen molar-refractivity contribution in [1.29, 1.82) is 0 Å². The number of carbonyl (C=O) groups is 5. The predicted molar refractivity (Wildman–Crippen MR) is 143 cm³/mol. The van der Waals surface area contributed by atoms with E-state index in [1.807, 2.05) is 6.92 Å². The van der Waals surface area contributed by atoms with Crippen LogP contribution in [0.4, 0.5) is 0 Å². The van der Waals surface area contributed by atoms with Crippen LogP contribution in [0.1, 0.15) is 78.6 Å². The maximum absolute atomic E-state index is 12.8. The van der Waals surface area contributed by atoms with Gasteiger partial charge in [0.05, 0.1) is 33.0 Å². The van der Waals surface area contributed by atoms with Crippen LogP contribution in [0.3, 0.4) is 0 Å². The van der Waals surface area contributed by atoms with Crippen LogP contribution in [0.2, 0.25) is 0 Å². The zero-order chi connectivity index (χ0) is 28.6. The van der Waals surface area contributed by atoms with Gasteiger partial charge in [-0.15, -0.1) is 0 Å². The molecule has 2 unspecified atom stereocenters. The van der Waals surface area contributed by atoms with Gasteiger partial charge in [-0.2, -0.15) is 0 Å². The number of nitrogens with one attached hydrogen (secondary N) is 1. The molecule has 0 spiro atoms. The molecule has 0 aliphatic rings. The third-order valence-corrected chi connectivity index (χ3v) is 6.17. The average Bonchev–Trinajstić information content (AvgIpc) is 2.91. The third-order valence-electron chi connectivity index (χ3n) is 6.17. The summed E-state index contributed by atoms with van der Waals surface area (Å²) in [6.07, 6.45) is 2.28. The van der Waals surface area contributed by atoms with E-state index in [4.69, 9.17) is 18.9 Å². The fourth-order valence-corrected chi connectivity index (χ4v) is 3.79. The van der Waals surface area contributed by atoms with Crippen molar-refractivity contribution in [3.05, 3.63) is 0 Å². The first-order chi connectivity index (χ1) is 18.3. The number of hydrogen-bond acceptors (Lipinski definition) is 9. The van der Waals surface area contributed by atoms with Crippen molar-refractivity contribution in [2.75, 3.05) is 59.9 Å². The Hall–Kier alpha value is -2.01. The summed E-state index contributed by atoms with van der Waals surface area (Å²) < 4.78 is 20.8. The Labute approximate surface area is 227 Å². The van der Waals surface area contributed by atoms with Gasteiger partial charge < -0.3 is 24.3 Å². The molecule has 0 radical (unpaired) electrons. The maximum atomic E-state index is 12.8. The number of carbonyl (C=O) groups excluding carboxylic acids is 5. The summed E-state index contributed by atoms with van der Waals surface area (Å²) in [6, 6.07) is 0. The molecule has 0 aromatic rings. The fraction of sp³-hybridized carbons (Fsp3) is 0.821. The molecule has 0 heterocycles. The molecule has 0 bridgehead atoms. The van der Waals surface area contributed by atoms with Crippen LogP contribution < -0.4 is 5.32 Å². The van der Waals surface area contributed by atoms with Crippen molar-refractivity contribution in [1.82, 2.24) is 5.32 Å². The highest BCUT2D eigenvalue weighted by Crippen LogP contribution is 2.20. The van der Waals surface area contributed by atoms with Crippen LogP contribution in [0.25, 0.3) is 0 Å². The zero-order valence-corrected chi connectivity index (χ0v) is 23.8. The number of ketones is 4. The van der Waals surface area contributed by atoms with E-state index in [-0.39, 0.29) is 67.8 Å². The van der Waals surface area contributed by atoms with E-state index in [0.29, 0.717) is 71.9 Å². The molecule has 0 saturated carbocycles. The molecular weight excluding hydrogens is 494 g/mol. The topological polar surface area (TPSA) is 134 Å². The van der Waals surface area contributed by atoms with E-state index in [1.54, 1.807) is 21.0 Å². The monoisotopic (exact) mass is 543 g/mol. The number of methoxy groups -OCH3 is 1. The summed E-state index contributed by atoms with van der Waals surface area (Å²) in [6.45, 7) is 8.18. The summed E-state index contributed by atoms with van der Waals surface area (Å²) in [7, 11) is 1.58. The Kier molecular flexibility index (Phi) is 22.8. The Balaban J connectivity index is 4.88. The summed E-state index contributed by atoms with van der Waals surface area (Å²) in [4.78, 5) is 61.8. The Morgan fingerprint density at radius 2 is 1.26 bits per heavy atom. The molecule has 1 N–H and O–H groups in total. The molecule has 10 heteroatoms. The summed E-state index contributed by atoms with van der Waals surface area (Å²) >= 11 is 0. The maximum Gasteiger partial charge on any atom is 0.223 e. The second-order valence-electron chi connectivity index (χ2n) is 9.15. The molecule has 0 aromatic heterocycles. The first-order valence-corrected chi connectivity index (χ1v) is 13.9. The van der Waals surface area contributed by atoms with Crippen LogP contribution in [-0.2, 0) is 42.9 Å². The average molecular weight is 544 g/mol. The summed E-state index contributed by atoms with van der Waals surface area (Å²) in [5.74, 6) is -1.45. The lowest BCUT2D eigenvalue weighted by Gasteiger charge is -2.18. The highest BCUT2D eigenvalue weighted by molar-refractivity contribution is 5.89. The zero-order valence-electron chi connectivity index (χ0n) is 23.8. The van der Waals surface area contributed by atoms with Crippen LogP contribution in [0.5, 0.6) is 0 Å². The Morgan fingerprint density at radius 3 is 1.89 bits per heavy atom. The lowest BCUT2D eigenvalue weighted by Crippen LogP contribution is -2.34. The van der Waals surface area contributed by atoms with E-state index in [2.05, 4.69) is 5.32 Å². The number of amides is 1. The van der Waals surface area contributed by atoms with Crippen molar-refractivity contribution in [2.45, 2.75) is 78.6 Å². The van der Waals surface area contributed by atoms with Crippen LogP contribution in [-0.4, -0.2) is 88.9 Å². The largest absolute Gasteiger partial charge is 0.382 e. The molecule has 0 fully saturated rings. The minimum absolute atomic E-state index is 0.0278. The molecule has 0 saturated heterocycles. The van der Waals surface area contributed by atoms with Gasteiger partial charge in [-0.1, -0.05) is 13.8 Å². The second-order valence-corrected chi connectivity index (χ2v) is 9.15. The van der Waals surface area contributed by atoms with Crippen molar-refractivity contribution >= 4 is 29.0 Å². The molecule has 10 nitrogen and oxygen atoms in total. The van der Waals surface area contributed by atoms with Crippen molar-refractivity contribution in [3.8, 4) is 0 Å². The Morgan fingerprint density at radius 1 is 0.658 bits per heavy atom. The summed E-state index contributed by atoms with van der Waals surface area (Å²) in [5, 5.41) is 2.81. The first-order valence-electron chi connectivity index (χ1n) is 13.9. The van der Waals surface area contributed by atoms with Gasteiger partial charge in [-0.25, -0.2) is 0 Å². The lowest BCUT2D eigenvalue weighted by molar-refractivity contribution is -0.130. The van der Waals surface area contributed by atoms with Gasteiger partial charge >= 0.3 is 0 Å². The number of rotatable bonds is 27. The molecule has 0 aromatic carbocycles. The van der Waals surface area contributed by atoms with Crippen LogP contribution in [0.15, 0.2) is 0 Å². The van der Waals surface area contributed by atoms with E-state index >= 15 is 0 Å². The SMILES string of the molecule is CCOCCOCC(=O)CCC(CCC(=O)CC(CCC(=O)CC)C(=O)CC)C(=O)NCCOCCOC. The molecular formula is C28H49NO9. The van der Waals surface area contributed by atoms with Gasteiger partial charge in [-0.05, 0) is 26.2 Å². The van der Waals surface area contributed by atoms with E-state index < -0.39 is 11.8 Å². The lowest BCUT2D eigenvalue weighted by atomic mass is 9.87. The van der Waals surface area contributed by atoms with Crippen LogP contribution in [0, 0.1) is 11.8 Å². The number of ether oxygens (including phenoxy) is 4. The van der Waals surface area contributed by atoms with Gasteiger partial charge in [0.15, 0.2) is 5.78 Å². The number of Topliss-reactive ketones (excluding diaryl/α,β-unsaturated/α-hetero) is 4. The van der Waals surface area contributed by atoms with Crippen molar-refractivity contribution in [3.63, 3.8) is 0 Å². The molecule has 0 rings (SSSR count). The van der Waals surface area contributed by atoms with Gasteiger partial charge in [0.2, 0.25) is 5.91 Å². The van der Waals surface area contributed by atoms with Gasteiger partial charge in [0.25, 0.3) is 0 Å². The fourth-order valence-electron chi connectivity index (χ4n) is 3.79. The predicted octanol–water partition coefficient (Wildman–Crippen LogP) is 2.88. The van der Waals surface area contributed by atoms with Gasteiger partial charge in [0, 0.05) is 70.6 Å². The molecule has 2 atom stereocenters. The smallest absolute Gasteiger partial charge is 0.223 e. The van der Waals surface area contributed by atoms with E-state index in [9.17, 15) is 24.0 Å². The van der Waals surface area contributed by atoms with Crippen molar-refractivity contribution < 1.29 is 42.9 Å². The van der Waals surface area contributed by atoms with E-state index in [1.165, 1.54) is 0 Å². The Bertz CT molecular complexity index is 696. The quantitative estimate of drug-likeness (QED) is 0.155. The standard InChI is InChI=1S/C28H49NO9/c1-5-24(30)11-10-23(27(33)6-2)20-25(31)12-8-22(28(34)29-14-15-37-17-16-35-4)9-13-26(32)21-38-19-18-36-7-3/h22-23H,5-21H2,1-4H3,(H,29,34). The van der Waals surface area contributed by atoms with Gasteiger partial charge in [0.1, 0.15) is 24.0 Å². The van der Waals surface area contributed by atoms with E-state index in [0.717, 1.165) is 0 Å². The highest BCUT2D eigenvalue weighted by atomic mass is 16.5. The van der Waals surface area contributed by atoms with Crippen molar-refractivity contribution in [2.24, 2.45) is 11.8 Å². The highest BCUT2D eigenvalue weighted by Gasteiger charge is 2.24. The summed E-state index contributed by atoms with van der Waals surface area (Å²) in [5.41, 5.74) is 0.